The SMILES string of the molecule is BrP(CCCCCOc1ccccc1)(c1ccccc1)(c1ccccc1)c1ccccc1. The summed E-state index contributed by atoms with van der Waals surface area (Å²) in [6, 6.07) is 43.2. The number of benzene rings is 4. The van der Waals surface area contributed by atoms with Gasteiger partial charge in [0.2, 0.25) is 0 Å². The summed E-state index contributed by atoms with van der Waals surface area (Å²) >= 11 is 4.52. The first-order valence-electron chi connectivity index (χ1n) is 11.3. The molecule has 32 heavy (non-hydrogen) atoms. The summed E-state index contributed by atoms with van der Waals surface area (Å²) in [5.74, 6) is 0.950. The molecule has 0 bridgehead atoms. The standard InChI is InChI=1S/C29H30BrOP/c30-32(27-18-8-2-9-19-27,28-20-10-3-11-21-28,29-22-12-4-13-23-29)25-15-5-14-24-31-26-16-6-1-7-17-26/h1-4,6-13,16-23H,5,14-15,24-25H2. The van der Waals surface area contributed by atoms with Gasteiger partial charge < -0.3 is 0 Å². The van der Waals surface area contributed by atoms with Gasteiger partial charge in [-0.3, -0.25) is 0 Å². The molecule has 4 aromatic rings. The Labute approximate surface area is 200 Å². The van der Waals surface area contributed by atoms with Gasteiger partial charge in [0.15, 0.2) is 0 Å². The monoisotopic (exact) mass is 504 g/mol. The molecule has 0 saturated carbocycles. The molecule has 0 unspecified atom stereocenters. The van der Waals surface area contributed by atoms with Gasteiger partial charge in [-0.2, -0.15) is 0 Å². The van der Waals surface area contributed by atoms with E-state index < -0.39 is 5.31 Å². The number of ether oxygens (including phenoxy) is 1. The number of halogens is 1. The minimum atomic E-state index is -2.79. The van der Waals surface area contributed by atoms with E-state index in [2.05, 4.69) is 106 Å². The molecule has 0 saturated heterocycles. The average molecular weight is 505 g/mol. The molecule has 0 radical (unpaired) electrons. The molecule has 0 atom stereocenters. The van der Waals surface area contributed by atoms with Crippen LogP contribution in [0.3, 0.4) is 0 Å². The Morgan fingerprint density at radius 1 is 0.500 bits per heavy atom. The van der Waals surface area contributed by atoms with Crippen molar-refractivity contribution >= 4 is 36.7 Å². The van der Waals surface area contributed by atoms with Crippen molar-refractivity contribution in [1.29, 1.82) is 0 Å². The number of hydrogen-bond acceptors (Lipinski definition) is 1. The fourth-order valence-corrected chi connectivity index (χ4v) is 12.2. The van der Waals surface area contributed by atoms with Crippen LogP contribution in [-0.4, -0.2) is 12.8 Å². The topological polar surface area (TPSA) is 9.23 Å². The van der Waals surface area contributed by atoms with Gasteiger partial charge in [0.05, 0.1) is 0 Å². The molecule has 0 amide bonds. The van der Waals surface area contributed by atoms with E-state index in [-0.39, 0.29) is 0 Å². The first-order valence-corrected chi connectivity index (χ1v) is 15.7. The van der Waals surface area contributed by atoms with Gasteiger partial charge in [-0.15, -0.1) is 0 Å². The van der Waals surface area contributed by atoms with E-state index in [1.165, 1.54) is 15.9 Å². The van der Waals surface area contributed by atoms with Gasteiger partial charge in [0.25, 0.3) is 0 Å². The van der Waals surface area contributed by atoms with E-state index in [1.54, 1.807) is 0 Å². The predicted octanol–water partition coefficient (Wildman–Crippen LogP) is 7.08. The van der Waals surface area contributed by atoms with Crippen LogP contribution in [0.25, 0.3) is 0 Å². The summed E-state index contributed by atoms with van der Waals surface area (Å²) in [5.41, 5.74) is 0. The van der Waals surface area contributed by atoms with Crippen molar-refractivity contribution in [3.63, 3.8) is 0 Å². The zero-order valence-corrected chi connectivity index (χ0v) is 20.8. The molecule has 4 aromatic carbocycles. The van der Waals surface area contributed by atoms with E-state index >= 15 is 0 Å². The number of hydrogen-bond donors (Lipinski definition) is 0. The van der Waals surface area contributed by atoms with Crippen molar-refractivity contribution in [1.82, 2.24) is 0 Å². The van der Waals surface area contributed by atoms with Crippen molar-refractivity contribution in [2.75, 3.05) is 12.8 Å². The fourth-order valence-electron chi connectivity index (χ4n) is 4.45. The van der Waals surface area contributed by atoms with Crippen molar-refractivity contribution in [3.8, 4) is 5.75 Å². The second-order valence-electron chi connectivity index (χ2n) is 8.14. The number of para-hydroxylation sites is 1. The van der Waals surface area contributed by atoms with Crippen LogP contribution in [0.15, 0.2) is 121 Å². The molecule has 1 nitrogen and oxygen atoms in total. The number of unbranched alkanes of at least 4 members (excludes halogenated alkanes) is 2. The van der Waals surface area contributed by atoms with E-state index in [1.807, 2.05) is 30.3 Å². The minimum absolute atomic E-state index is 0.754. The van der Waals surface area contributed by atoms with Gasteiger partial charge in [0, 0.05) is 0 Å². The van der Waals surface area contributed by atoms with Gasteiger partial charge in [0.1, 0.15) is 0 Å². The predicted molar refractivity (Wildman–Crippen MR) is 145 cm³/mol. The summed E-state index contributed by atoms with van der Waals surface area (Å²) in [7, 11) is 0. The van der Waals surface area contributed by atoms with Crippen LogP contribution in [0, 0.1) is 0 Å². The normalized spacial score (nSPS) is 12.6. The molecule has 0 aliphatic heterocycles. The molecule has 3 heteroatoms. The summed E-state index contributed by atoms with van der Waals surface area (Å²) in [5, 5.41) is 1.37. The maximum absolute atomic E-state index is 5.92. The summed E-state index contributed by atoms with van der Waals surface area (Å²) < 4.78 is 5.92. The van der Waals surface area contributed by atoms with Crippen molar-refractivity contribution < 1.29 is 4.74 Å². The molecule has 0 heterocycles. The second kappa shape index (κ2) is 10.5. The Balaban J connectivity index is 1.61. The zero-order valence-electron chi connectivity index (χ0n) is 18.3. The van der Waals surface area contributed by atoms with Crippen LogP contribution in [-0.2, 0) is 0 Å². The van der Waals surface area contributed by atoms with E-state index in [0.29, 0.717) is 0 Å². The van der Waals surface area contributed by atoms with Crippen LogP contribution < -0.4 is 20.7 Å². The first-order chi connectivity index (χ1) is 15.7. The zero-order chi connectivity index (χ0) is 22.1. The van der Waals surface area contributed by atoms with Gasteiger partial charge in [-0.25, -0.2) is 0 Å². The van der Waals surface area contributed by atoms with Crippen LogP contribution in [0.5, 0.6) is 5.75 Å². The van der Waals surface area contributed by atoms with E-state index in [9.17, 15) is 0 Å². The number of rotatable bonds is 10. The summed E-state index contributed by atoms with van der Waals surface area (Å²) in [6.07, 6.45) is 4.38. The van der Waals surface area contributed by atoms with Crippen molar-refractivity contribution in [2.45, 2.75) is 19.3 Å². The van der Waals surface area contributed by atoms with Gasteiger partial charge in [-0.05, 0) is 0 Å². The Bertz CT molecular complexity index is 986. The van der Waals surface area contributed by atoms with Crippen LogP contribution in [0.4, 0.5) is 0 Å². The van der Waals surface area contributed by atoms with E-state index in [4.69, 9.17) is 4.74 Å². The van der Waals surface area contributed by atoms with E-state index in [0.717, 1.165) is 37.8 Å². The summed E-state index contributed by atoms with van der Waals surface area (Å²) in [6.45, 7) is 0.754. The molecule has 0 N–H and O–H groups in total. The summed E-state index contributed by atoms with van der Waals surface area (Å²) in [4.78, 5) is 0. The quantitative estimate of drug-likeness (QED) is 0.165. The molecule has 0 aliphatic carbocycles. The van der Waals surface area contributed by atoms with Crippen molar-refractivity contribution in [2.24, 2.45) is 0 Å². The Hall–Kier alpha value is -2.41. The molecular formula is C29H30BrOP. The maximum atomic E-state index is 5.92. The van der Waals surface area contributed by atoms with Crippen LogP contribution >= 0.6 is 20.8 Å². The second-order valence-corrected chi connectivity index (χ2v) is 17.2. The fraction of sp³-hybridized carbons (Fsp3) is 0.172. The van der Waals surface area contributed by atoms with Crippen LogP contribution in [0.2, 0.25) is 0 Å². The third-order valence-electron chi connectivity index (χ3n) is 6.12. The average Bonchev–Trinajstić information content (AvgIpc) is 2.88. The molecule has 4 rings (SSSR count). The molecule has 0 aromatic heterocycles. The third kappa shape index (κ3) is 4.68. The molecule has 0 aliphatic rings. The Kier molecular flexibility index (Phi) is 7.45. The first kappa shape index (κ1) is 22.8. The van der Waals surface area contributed by atoms with Crippen LogP contribution in [0.1, 0.15) is 19.3 Å². The third-order valence-corrected chi connectivity index (χ3v) is 16.1. The Morgan fingerprint density at radius 3 is 1.34 bits per heavy atom. The van der Waals surface area contributed by atoms with Gasteiger partial charge in [-0.1, -0.05) is 0 Å². The van der Waals surface area contributed by atoms with Gasteiger partial charge >= 0.3 is 201 Å². The molecule has 0 spiro atoms. The molecule has 0 fully saturated rings. The Morgan fingerprint density at radius 2 is 0.906 bits per heavy atom. The molecule has 164 valence electrons. The van der Waals surface area contributed by atoms with Crippen molar-refractivity contribution in [3.05, 3.63) is 121 Å². The molecular weight excluding hydrogens is 475 g/mol.